The van der Waals surface area contributed by atoms with Crippen molar-refractivity contribution in [3.05, 3.63) is 247 Å². The zero-order valence-electron chi connectivity index (χ0n) is 34.9. The number of halogens is 3. The fourth-order valence-electron chi connectivity index (χ4n) is 9.61. The predicted molar refractivity (Wildman–Crippen MR) is 256 cm³/mol. The number of benzene rings is 9. The fraction of sp³-hybridized carbons (Fsp3) is 0.0357. The minimum absolute atomic E-state index is 0.0344. The van der Waals surface area contributed by atoms with Gasteiger partial charge in [0.2, 0.25) is 0 Å². The van der Waals surface area contributed by atoms with Crippen molar-refractivity contribution in [2.45, 2.75) is 10.9 Å². The lowest BCUT2D eigenvalue weighted by molar-refractivity contribution is -0.0499. The Labute approximate surface area is 379 Å². The van der Waals surface area contributed by atoms with Crippen LogP contribution in [0.15, 0.2) is 229 Å². The van der Waals surface area contributed by atoms with Crippen LogP contribution in [0, 0.1) is 0 Å². The van der Waals surface area contributed by atoms with Gasteiger partial charge in [0.25, 0.3) is 0 Å². The summed E-state index contributed by atoms with van der Waals surface area (Å²) in [7, 11) is -6.27. The molecule has 0 unspecified atom stereocenters. The number of fused-ring (bicyclic) bond motifs is 6. The van der Waals surface area contributed by atoms with E-state index < -0.39 is 26.8 Å². The normalized spacial score (nSPS) is 13.0. The third-order valence-electron chi connectivity index (χ3n) is 12.3. The van der Waals surface area contributed by atoms with Crippen molar-refractivity contribution < 1.29 is 30.2 Å². The van der Waals surface area contributed by atoms with Gasteiger partial charge in [-0.15, -0.1) is 0 Å². The maximum atomic E-state index is 14.8. The Hall–Kier alpha value is -8.08. The summed E-state index contributed by atoms with van der Waals surface area (Å²) >= 11 is 0. The summed E-state index contributed by atoms with van der Waals surface area (Å²) in [5.74, 6) is -0.541. The fourth-order valence-corrected chi connectivity index (χ4v) is 10.1. The highest BCUT2D eigenvalue weighted by atomic mass is 32.2. The molecule has 0 fully saturated rings. The van der Waals surface area contributed by atoms with Crippen LogP contribution in [0.5, 0.6) is 5.75 Å². The molecule has 0 spiro atoms. The average molecular weight is 891 g/mol. The van der Waals surface area contributed by atoms with Gasteiger partial charge in [-0.1, -0.05) is 158 Å². The van der Waals surface area contributed by atoms with Gasteiger partial charge in [-0.05, 0) is 94.5 Å². The molecule has 0 saturated heterocycles. The Balaban J connectivity index is 1.27. The highest BCUT2D eigenvalue weighted by Crippen LogP contribution is 2.60. The number of hydrogen-bond donors (Lipinski definition) is 0. The SMILES string of the molecule is O=S(=O)(Oc1c(N(c2ccccc2)c2ccccc2)cccc1N(c1ccc2oc3ccccc3c2c1)c1cccc2c1-c1ccccc1C2(c1ccccc1)c1ccccc1)C(F)(F)F. The number of nitrogens with zero attached hydrogens (tertiary/aromatic N) is 2. The van der Waals surface area contributed by atoms with E-state index in [9.17, 15) is 21.6 Å². The lowest BCUT2D eigenvalue weighted by Crippen LogP contribution is -2.29. The van der Waals surface area contributed by atoms with Gasteiger partial charge in [-0.3, -0.25) is 0 Å². The van der Waals surface area contributed by atoms with Gasteiger partial charge in [0, 0.05) is 33.4 Å². The largest absolute Gasteiger partial charge is 0.534 e. The minimum atomic E-state index is -6.27. The monoisotopic (exact) mass is 890 g/mol. The van der Waals surface area contributed by atoms with E-state index in [0.29, 0.717) is 33.9 Å². The summed E-state index contributed by atoms with van der Waals surface area (Å²) in [5.41, 5.74) is 2.58. The summed E-state index contributed by atoms with van der Waals surface area (Å²) in [6, 6.07) is 70.7. The molecule has 1 aliphatic rings. The standard InChI is InChI=1S/C56H37F3N2O4S/c57-56(58,59)66(62,63)65-54-49(60(40-23-9-3-10-24-40)41-25-11-4-12-26-41)32-18-33-50(54)61(42-35-36-52-45(37-42)43-27-14-16-34-51(43)64-52)48-31-17-30-47-53(48)44-28-13-15-29-46(44)55(47,38-19-5-1-6-20-38)39-21-7-2-8-22-39/h1-37H. The van der Waals surface area contributed by atoms with Gasteiger partial charge in [0.05, 0.1) is 22.5 Å². The van der Waals surface area contributed by atoms with E-state index in [2.05, 4.69) is 42.5 Å². The minimum Gasteiger partial charge on any atom is -0.456 e. The van der Waals surface area contributed by atoms with Crippen molar-refractivity contribution in [1.29, 1.82) is 0 Å². The van der Waals surface area contributed by atoms with Crippen molar-refractivity contribution in [3.8, 4) is 16.9 Å². The summed E-state index contributed by atoms with van der Waals surface area (Å²) in [6.07, 6.45) is 0. The average Bonchev–Trinajstić information content (AvgIpc) is 3.87. The molecule has 1 aromatic heterocycles. The molecule has 0 N–H and O–H groups in total. The maximum Gasteiger partial charge on any atom is 0.534 e. The molecule has 0 atom stereocenters. The van der Waals surface area contributed by atoms with Gasteiger partial charge in [-0.25, -0.2) is 0 Å². The highest BCUT2D eigenvalue weighted by molar-refractivity contribution is 7.88. The molecule has 66 heavy (non-hydrogen) atoms. The Bertz CT molecular complexity index is 3450. The molecule has 0 amide bonds. The summed E-state index contributed by atoms with van der Waals surface area (Å²) in [6.45, 7) is 0. The number of para-hydroxylation sites is 4. The van der Waals surface area contributed by atoms with Crippen LogP contribution in [-0.2, 0) is 15.5 Å². The van der Waals surface area contributed by atoms with Crippen molar-refractivity contribution in [2.24, 2.45) is 0 Å². The molecule has 0 saturated carbocycles. The highest BCUT2D eigenvalue weighted by Gasteiger charge is 2.50. The first-order valence-corrected chi connectivity index (χ1v) is 22.7. The van der Waals surface area contributed by atoms with E-state index in [1.165, 1.54) is 0 Å². The van der Waals surface area contributed by atoms with Crippen molar-refractivity contribution in [2.75, 3.05) is 9.80 Å². The van der Waals surface area contributed by atoms with Crippen LogP contribution in [-0.4, -0.2) is 13.9 Å². The van der Waals surface area contributed by atoms with Crippen LogP contribution in [0.1, 0.15) is 22.3 Å². The van der Waals surface area contributed by atoms with Crippen LogP contribution in [0.4, 0.5) is 47.3 Å². The topological polar surface area (TPSA) is 63.0 Å². The van der Waals surface area contributed by atoms with Crippen LogP contribution in [0.25, 0.3) is 33.1 Å². The first-order valence-electron chi connectivity index (χ1n) is 21.2. The molecule has 0 bridgehead atoms. The summed E-state index contributed by atoms with van der Waals surface area (Å²) in [5, 5.41) is 1.58. The molecule has 9 aromatic carbocycles. The summed E-state index contributed by atoms with van der Waals surface area (Å²) < 4.78 is 83.2. The number of anilines is 6. The smallest absolute Gasteiger partial charge is 0.456 e. The maximum absolute atomic E-state index is 14.8. The quantitative estimate of drug-likeness (QED) is 0.101. The molecule has 0 radical (unpaired) electrons. The molecule has 0 aliphatic heterocycles. The zero-order chi connectivity index (χ0) is 45.0. The van der Waals surface area contributed by atoms with Crippen LogP contribution < -0.4 is 14.0 Å². The second kappa shape index (κ2) is 15.9. The molecule has 322 valence electrons. The lowest BCUT2D eigenvalue weighted by Gasteiger charge is -2.35. The van der Waals surface area contributed by atoms with Crippen molar-refractivity contribution in [1.82, 2.24) is 0 Å². The molecule has 6 nitrogen and oxygen atoms in total. The number of alkyl halides is 3. The molecule has 10 aromatic rings. The first-order chi connectivity index (χ1) is 32.1. The van der Waals surface area contributed by atoms with Gasteiger partial charge in [0.15, 0.2) is 5.75 Å². The van der Waals surface area contributed by atoms with E-state index in [1.807, 2.05) is 120 Å². The Kier molecular flexibility index (Phi) is 9.78. The molecule has 10 heteroatoms. The van der Waals surface area contributed by atoms with Gasteiger partial charge < -0.3 is 18.4 Å². The van der Waals surface area contributed by atoms with Crippen molar-refractivity contribution in [3.63, 3.8) is 0 Å². The third kappa shape index (κ3) is 6.51. The number of furan rings is 1. The Morgan fingerprint density at radius 1 is 0.455 bits per heavy atom. The van der Waals surface area contributed by atoms with Crippen LogP contribution in [0.3, 0.4) is 0 Å². The van der Waals surface area contributed by atoms with Gasteiger partial charge in [0.1, 0.15) is 11.2 Å². The third-order valence-corrected chi connectivity index (χ3v) is 13.2. The van der Waals surface area contributed by atoms with E-state index in [1.54, 1.807) is 71.6 Å². The zero-order valence-corrected chi connectivity index (χ0v) is 35.7. The Morgan fingerprint density at radius 3 is 1.59 bits per heavy atom. The van der Waals surface area contributed by atoms with E-state index in [0.717, 1.165) is 44.2 Å². The molecule has 11 rings (SSSR count). The molecular formula is C56H37F3N2O4S. The van der Waals surface area contributed by atoms with Crippen LogP contribution >= 0.6 is 0 Å². The van der Waals surface area contributed by atoms with Gasteiger partial charge >= 0.3 is 15.6 Å². The van der Waals surface area contributed by atoms with Crippen LogP contribution in [0.2, 0.25) is 0 Å². The first kappa shape index (κ1) is 40.7. The van der Waals surface area contributed by atoms with E-state index in [-0.39, 0.29) is 11.4 Å². The molecular weight excluding hydrogens is 854 g/mol. The second-order valence-corrected chi connectivity index (χ2v) is 17.5. The lowest BCUT2D eigenvalue weighted by atomic mass is 9.68. The van der Waals surface area contributed by atoms with Crippen molar-refractivity contribution >= 4 is 66.2 Å². The molecule has 1 heterocycles. The number of hydrogen-bond acceptors (Lipinski definition) is 6. The molecule has 1 aliphatic carbocycles. The van der Waals surface area contributed by atoms with Gasteiger partial charge in [-0.2, -0.15) is 21.6 Å². The van der Waals surface area contributed by atoms with E-state index in [4.69, 9.17) is 8.60 Å². The Morgan fingerprint density at radius 2 is 0.955 bits per heavy atom. The predicted octanol–water partition coefficient (Wildman–Crippen LogP) is 15.1. The van der Waals surface area contributed by atoms with E-state index >= 15 is 0 Å². The number of rotatable bonds is 10. The second-order valence-electron chi connectivity index (χ2n) is 16.0. The summed E-state index contributed by atoms with van der Waals surface area (Å²) in [4.78, 5) is 3.50.